The van der Waals surface area contributed by atoms with E-state index < -0.39 is 0 Å². The highest BCUT2D eigenvalue weighted by Gasteiger charge is 2.53. The van der Waals surface area contributed by atoms with Gasteiger partial charge in [-0.15, -0.1) is 0 Å². The van der Waals surface area contributed by atoms with E-state index in [1.807, 2.05) is 0 Å². The van der Waals surface area contributed by atoms with Gasteiger partial charge >= 0.3 is 0 Å². The highest BCUT2D eigenvalue weighted by Crippen LogP contribution is 2.58. The molecule has 0 aromatic carbocycles. The monoisotopic (exact) mass is 254 g/mol. The van der Waals surface area contributed by atoms with Gasteiger partial charge in [0.25, 0.3) is 0 Å². The first-order valence-electron chi connectivity index (χ1n) is 7.58. The quantitative estimate of drug-likeness (QED) is 0.752. The van der Waals surface area contributed by atoms with Crippen molar-refractivity contribution in [3.05, 3.63) is 0 Å². The molecule has 1 aliphatic heterocycles. The molecule has 0 aromatic heterocycles. The predicted molar refractivity (Wildman–Crippen MR) is 75.8 cm³/mol. The summed E-state index contributed by atoms with van der Waals surface area (Å²) in [6.07, 6.45) is 4.27. The predicted octanol–water partition coefficient (Wildman–Crippen LogP) is 1.98. The van der Waals surface area contributed by atoms with Crippen molar-refractivity contribution in [2.45, 2.75) is 33.1 Å². The second kappa shape index (κ2) is 6.36. The molecule has 1 N–H and O–H groups in total. The van der Waals surface area contributed by atoms with Crippen molar-refractivity contribution in [1.82, 2.24) is 10.2 Å². The summed E-state index contributed by atoms with van der Waals surface area (Å²) >= 11 is 0. The van der Waals surface area contributed by atoms with Crippen molar-refractivity contribution < 1.29 is 4.74 Å². The standard InChI is InChI=1S/C15H30N2O/c1-13(2)11-17(8-9-18-3)12-14-10-15(14)4-6-16-7-5-15/h13-14,16H,4-12H2,1-3H3. The minimum atomic E-state index is 0.716. The fourth-order valence-electron chi connectivity index (χ4n) is 3.53. The molecule has 1 heterocycles. The van der Waals surface area contributed by atoms with E-state index in [4.69, 9.17) is 4.74 Å². The molecule has 2 fully saturated rings. The van der Waals surface area contributed by atoms with Gasteiger partial charge < -0.3 is 15.0 Å². The molecule has 0 aromatic rings. The summed E-state index contributed by atoms with van der Waals surface area (Å²) in [5.41, 5.74) is 0.716. The molecule has 1 saturated carbocycles. The van der Waals surface area contributed by atoms with Crippen LogP contribution in [0.5, 0.6) is 0 Å². The molecular weight excluding hydrogens is 224 g/mol. The summed E-state index contributed by atoms with van der Waals surface area (Å²) in [7, 11) is 1.80. The Morgan fingerprint density at radius 3 is 2.67 bits per heavy atom. The normalized spacial score (nSPS) is 26.2. The van der Waals surface area contributed by atoms with Crippen LogP contribution in [-0.2, 0) is 4.74 Å². The first-order chi connectivity index (χ1) is 8.66. The number of piperidine rings is 1. The zero-order valence-electron chi connectivity index (χ0n) is 12.4. The lowest BCUT2D eigenvalue weighted by molar-refractivity contribution is 0.131. The molecule has 2 rings (SSSR count). The zero-order valence-corrected chi connectivity index (χ0v) is 12.4. The molecule has 3 nitrogen and oxygen atoms in total. The van der Waals surface area contributed by atoms with E-state index in [9.17, 15) is 0 Å². The number of nitrogens with one attached hydrogen (secondary N) is 1. The molecule has 1 unspecified atom stereocenters. The molecule has 1 aliphatic carbocycles. The maximum Gasteiger partial charge on any atom is 0.0589 e. The van der Waals surface area contributed by atoms with Gasteiger partial charge in [0.05, 0.1) is 6.61 Å². The van der Waals surface area contributed by atoms with Gasteiger partial charge in [-0.3, -0.25) is 0 Å². The number of nitrogens with zero attached hydrogens (tertiary/aromatic N) is 1. The minimum absolute atomic E-state index is 0.716. The summed E-state index contributed by atoms with van der Waals surface area (Å²) in [6, 6.07) is 0. The van der Waals surface area contributed by atoms with Crippen LogP contribution >= 0.6 is 0 Å². The first kappa shape index (κ1) is 14.3. The molecule has 1 spiro atoms. The van der Waals surface area contributed by atoms with Gasteiger partial charge in [0.15, 0.2) is 0 Å². The van der Waals surface area contributed by atoms with Crippen LogP contribution < -0.4 is 5.32 Å². The Bertz CT molecular complexity index is 249. The van der Waals surface area contributed by atoms with Gasteiger partial charge in [0.2, 0.25) is 0 Å². The molecule has 2 aliphatic rings. The van der Waals surface area contributed by atoms with E-state index >= 15 is 0 Å². The van der Waals surface area contributed by atoms with Crippen molar-refractivity contribution in [1.29, 1.82) is 0 Å². The molecule has 1 atom stereocenters. The van der Waals surface area contributed by atoms with Crippen LogP contribution in [0.1, 0.15) is 33.1 Å². The molecule has 3 heteroatoms. The van der Waals surface area contributed by atoms with Crippen LogP contribution in [-0.4, -0.2) is 51.3 Å². The lowest BCUT2D eigenvalue weighted by Crippen LogP contribution is -2.35. The van der Waals surface area contributed by atoms with Crippen LogP contribution in [0, 0.1) is 17.3 Å². The highest BCUT2D eigenvalue weighted by atomic mass is 16.5. The van der Waals surface area contributed by atoms with Crippen LogP contribution in [0.3, 0.4) is 0 Å². The Kier molecular flexibility index (Phi) is 5.05. The Morgan fingerprint density at radius 2 is 2.06 bits per heavy atom. The summed E-state index contributed by atoms with van der Waals surface area (Å²) in [4.78, 5) is 2.62. The third-order valence-corrected chi connectivity index (χ3v) is 4.67. The van der Waals surface area contributed by atoms with Gasteiger partial charge in [0.1, 0.15) is 0 Å². The van der Waals surface area contributed by atoms with E-state index in [1.165, 1.54) is 45.4 Å². The van der Waals surface area contributed by atoms with Crippen LogP contribution in [0.15, 0.2) is 0 Å². The molecule has 0 radical (unpaired) electrons. The number of hydrogen-bond donors (Lipinski definition) is 1. The van der Waals surface area contributed by atoms with E-state index in [-0.39, 0.29) is 0 Å². The third-order valence-electron chi connectivity index (χ3n) is 4.67. The lowest BCUT2D eigenvalue weighted by Gasteiger charge is -2.28. The molecule has 106 valence electrons. The van der Waals surface area contributed by atoms with Crippen LogP contribution in [0.25, 0.3) is 0 Å². The Balaban J connectivity index is 1.78. The molecule has 18 heavy (non-hydrogen) atoms. The number of ether oxygens (including phenoxy) is 1. The van der Waals surface area contributed by atoms with Gasteiger partial charge in [-0.2, -0.15) is 0 Å². The van der Waals surface area contributed by atoms with E-state index in [0.29, 0.717) is 5.41 Å². The maximum atomic E-state index is 5.24. The summed E-state index contributed by atoms with van der Waals surface area (Å²) < 4.78 is 5.24. The summed E-state index contributed by atoms with van der Waals surface area (Å²) in [5, 5.41) is 3.49. The SMILES string of the molecule is COCCN(CC(C)C)CC1CC12CCNCC2. The van der Waals surface area contributed by atoms with E-state index in [1.54, 1.807) is 7.11 Å². The Labute approximate surface area is 112 Å². The molecule has 1 saturated heterocycles. The maximum absolute atomic E-state index is 5.24. The second-order valence-corrected chi connectivity index (χ2v) is 6.66. The van der Waals surface area contributed by atoms with E-state index in [2.05, 4.69) is 24.1 Å². The Hall–Kier alpha value is -0.120. The van der Waals surface area contributed by atoms with Gasteiger partial charge in [-0.1, -0.05) is 13.8 Å². The molecule has 0 bridgehead atoms. The second-order valence-electron chi connectivity index (χ2n) is 6.66. The Morgan fingerprint density at radius 1 is 1.33 bits per heavy atom. The number of rotatable bonds is 7. The van der Waals surface area contributed by atoms with Crippen molar-refractivity contribution in [3.63, 3.8) is 0 Å². The third kappa shape index (κ3) is 3.69. The average molecular weight is 254 g/mol. The van der Waals surface area contributed by atoms with Crippen molar-refractivity contribution in [2.75, 3.05) is 46.4 Å². The molecule has 0 amide bonds. The highest BCUT2D eigenvalue weighted by molar-refractivity contribution is 5.05. The van der Waals surface area contributed by atoms with Crippen molar-refractivity contribution in [3.8, 4) is 0 Å². The van der Waals surface area contributed by atoms with Crippen LogP contribution in [0.2, 0.25) is 0 Å². The molecular formula is C15H30N2O. The zero-order chi connectivity index (χ0) is 13.0. The summed E-state index contributed by atoms with van der Waals surface area (Å²) in [6.45, 7) is 11.6. The number of hydrogen-bond acceptors (Lipinski definition) is 3. The van der Waals surface area contributed by atoms with Crippen molar-refractivity contribution >= 4 is 0 Å². The minimum Gasteiger partial charge on any atom is -0.383 e. The largest absolute Gasteiger partial charge is 0.383 e. The van der Waals surface area contributed by atoms with Gasteiger partial charge in [-0.25, -0.2) is 0 Å². The van der Waals surface area contributed by atoms with Crippen molar-refractivity contribution in [2.24, 2.45) is 17.3 Å². The fraction of sp³-hybridized carbons (Fsp3) is 1.00. The van der Waals surface area contributed by atoms with E-state index in [0.717, 1.165) is 25.0 Å². The van der Waals surface area contributed by atoms with Gasteiger partial charge in [0, 0.05) is 26.7 Å². The van der Waals surface area contributed by atoms with Gasteiger partial charge in [-0.05, 0) is 49.6 Å². The smallest absolute Gasteiger partial charge is 0.0589 e. The van der Waals surface area contributed by atoms with Crippen LogP contribution in [0.4, 0.5) is 0 Å². The fourth-order valence-corrected chi connectivity index (χ4v) is 3.53. The summed E-state index contributed by atoms with van der Waals surface area (Å²) in [5.74, 6) is 1.71. The average Bonchev–Trinajstić information content (AvgIpc) is 2.98. The topological polar surface area (TPSA) is 24.5 Å². The first-order valence-corrected chi connectivity index (χ1v) is 7.58. The lowest BCUT2D eigenvalue weighted by atomic mass is 9.92. The number of methoxy groups -OCH3 is 1.